The topological polar surface area (TPSA) is 59.5 Å². The smallest absolute Gasteiger partial charge is 0.276 e. The van der Waals surface area contributed by atoms with Crippen LogP contribution in [-0.4, -0.2) is 34.8 Å². The predicted molar refractivity (Wildman–Crippen MR) is 101 cm³/mol. The zero-order valence-electron chi connectivity index (χ0n) is 14.6. The third-order valence-electron chi connectivity index (χ3n) is 4.66. The Bertz CT molecular complexity index is 888. The predicted octanol–water partition coefficient (Wildman–Crippen LogP) is 4.56. The van der Waals surface area contributed by atoms with E-state index in [-0.39, 0.29) is 5.91 Å². The van der Waals surface area contributed by atoms with E-state index >= 15 is 0 Å². The number of rotatable bonds is 3. The first kappa shape index (κ1) is 17.0. The molecule has 1 saturated heterocycles. The minimum absolute atomic E-state index is 0.0856. The summed E-state index contributed by atoms with van der Waals surface area (Å²) >= 11 is 1.92. The van der Waals surface area contributed by atoms with Gasteiger partial charge in [-0.05, 0) is 36.6 Å². The van der Waals surface area contributed by atoms with Crippen LogP contribution in [0.5, 0.6) is 0 Å². The van der Waals surface area contributed by atoms with Crippen LogP contribution in [0.3, 0.4) is 0 Å². The molecule has 26 heavy (non-hydrogen) atoms. The SMILES string of the molecule is Cc1ccccc1[C@H]1CCN(C(=O)c2cc(-c3ccco3)on2)CCS1. The van der Waals surface area contributed by atoms with Crippen molar-refractivity contribution < 1.29 is 13.7 Å². The van der Waals surface area contributed by atoms with Crippen molar-refractivity contribution in [2.24, 2.45) is 0 Å². The molecule has 0 radical (unpaired) electrons. The monoisotopic (exact) mass is 368 g/mol. The number of furan rings is 1. The molecular formula is C20H20N2O3S. The Kier molecular flexibility index (Phi) is 4.84. The van der Waals surface area contributed by atoms with Crippen LogP contribution < -0.4 is 0 Å². The summed E-state index contributed by atoms with van der Waals surface area (Å²) in [7, 11) is 0. The fraction of sp³-hybridized carbons (Fsp3) is 0.300. The Morgan fingerprint density at radius 1 is 1.19 bits per heavy atom. The molecule has 1 amide bonds. The second-order valence-corrected chi connectivity index (χ2v) is 7.66. The highest BCUT2D eigenvalue weighted by Gasteiger charge is 2.26. The lowest BCUT2D eigenvalue weighted by atomic mass is 10.0. The van der Waals surface area contributed by atoms with E-state index in [0.29, 0.717) is 29.0 Å². The van der Waals surface area contributed by atoms with Crippen LogP contribution in [0.4, 0.5) is 0 Å². The Balaban J connectivity index is 1.46. The number of benzene rings is 1. The molecule has 0 bridgehead atoms. The van der Waals surface area contributed by atoms with Gasteiger partial charge in [-0.1, -0.05) is 29.4 Å². The Hall–Kier alpha value is -2.47. The van der Waals surface area contributed by atoms with Crippen molar-refractivity contribution in [3.8, 4) is 11.5 Å². The minimum Gasteiger partial charge on any atom is -0.461 e. The summed E-state index contributed by atoms with van der Waals surface area (Å²) in [5.41, 5.74) is 3.01. The number of nitrogens with zero attached hydrogens (tertiary/aromatic N) is 2. The number of hydrogen-bond acceptors (Lipinski definition) is 5. The van der Waals surface area contributed by atoms with Crippen molar-refractivity contribution in [3.05, 3.63) is 65.5 Å². The molecule has 4 rings (SSSR count). The molecular weight excluding hydrogens is 348 g/mol. The lowest BCUT2D eigenvalue weighted by molar-refractivity contribution is 0.0756. The maximum atomic E-state index is 12.8. The first-order valence-corrected chi connectivity index (χ1v) is 9.74. The molecule has 1 aliphatic heterocycles. The van der Waals surface area contributed by atoms with Crippen LogP contribution in [0, 0.1) is 6.92 Å². The molecule has 0 N–H and O–H groups in total. The molecule has 0 unspecified atom stereocenters. The van der Waals surface area contributed by atoms with Gasteiger partial charge in [-0.25, -0.2) is 0 Å². The first-order valence-electron chi connectivity index (χ1n) is 8.69. The van der Waals surface area contributed by atoms with Gasteiger partial charge in [0.05, 0.1) is 6.26 Å². The molecule has 1 aliphatic rings. The zero-order valence-corrected chi connectivity index (χ0v) is 15.4. The van der Waals surface area contributed by atoms with Crippen molar-refractivity contribution in [1.29, 1.82) is 0 Å². The van der Waals surface area contributed by atoms with Crippen LogP contribution in [0.25, 0.3) is 11.5 Å². The molecule has 1 aromatic carbocycles. The normalized spacial score (nSPS) is 17.9. The largest absolute Gasteiger partial charge is 0.461 e. The number of aromatic nitrogens is 1. The van der Waals surface area contributed by atoms with Crippen molar-refractivity contribution in [2.45, 2.75) is 18.6 Å². The molecule has 6 heteroatoms. The zero-order chi connectivity index (χ0) is 17.9. The van der Waals surface area contributed by atoms with Crippen LogP contribution in [0.15, 0.2) is 57.7 Å². The van der Waals surface area contributed by atoms with Crippen molar-refractivity contribution >= 4 is 17.7 Å². The lowest BCUT2D eigenvalue weighted by Crippen LogP contribution is -2.33. The summed E-state index contributed by atoms with van der Waals surface area (Å²) in [6, 6.07) is 13.7. The standard InChI is InChI=1S/C20H20N2O3S/c1-14-5-2-3-6-15(14)19-8-9-22(10-12-26-19)20(23)16-13-18(25-21-16)17-7-4-11-24-17/h2-7,11,13,19H,8-10,12H2,1H3/t19-/m1/s1. The van der Waals surface area contributed by atoms with Crippen molar-refractivity contribution in [1.82, 2.24) is 10.1 Å². The Morgan fingerprint density at radius 3 is 2.88 bits per heavy atom. The van der Waals surface area contributed by atoms with E-state index < -0.39 is 0 Å². The summed E-state index contributed by atoms with van der Waals surface area (Å²) in [5.74, 6) is 1.87. The molecule has 3 aromatic rings. The summed E-state index contributed by atoms with van der Waals surface area (Å²) in [6.07, 6.45) is 2.50. The number of hydrogen-bond donors (Lipinski definition) is 0. The van der Waals surface area contributed by atoms with E-state index in [1.165, 1.54) is 11.1 Å². The number of carbonyl (C=O) groups is 1. The molecule has 3 heterocycles. The molecule has 0 aliphatic carbocycles. The first-order chi connectivity index (χ1) is 12.7. The Labute approximate surface area is 156 Å². The highest BCUT2D eigenvalue weighted by molar-refractivity contribution is 7.99. The highest BCUT2D eigenvalue weighted by atomic mass is 32.2. The second kappa shape index (κ2) is 7.41. The van der Waals surface area contributed by atoms with Crippen molar-refractivity contribution in [2.75, 3.05) is 18.8 Å². The van der Waals surface area contributed by atoms with Gasteiger partial charge in [0.2, 0.25) is 5.76 Å². The van der Waals surface area contributed by atoms with E-state index in [2.05, 4.69) is 36.3 Å². The maximum Gasteiger partial charge on any atom is 0.276 e. The van der Waals surface area contributed by atoms with Crippen LogP contribution >= 0.6 is 11.8 Å². The van der Waals surface area contributed by atoms with E-state index in [4.69, 9.17) is 8.94 Å². The molecule has 5 nitrogen and oxygen atoms in total. The fourth-order valence-corrected chi connectivity index (χ4v) is 4.57. The third-order valence-corrected chi connectivity index (χ3v) is 5.97. The molecule has 1 atom stereocenters. The van der Waals surface area contributed by atoms with Crippen LogP contribution in [-0.2, 0) is 0 Å². The highest BCUT2D eigenvalue weighted by Crippen LogP contribution is 2.36. The average molecular weight is 368 g/mol. The van der Waals surface area contributed by atoms with Gasteiger partial charge >= 0.3 is 0 Å². The van der Waals surface area contributed by atoms with Crippen molar-refractivity contribution in [3.63, 3.8) is 0 Å². The van der Waals surface area contributed by atoms with Gasteiger partial charge in [-0.2, -0.15) is 11.8 Å². The number of thioether (sulfide) groups is 1. The maximum absolute atomic E-state index is 12.8. The number of amides is 1. The van der Waals surface area contributed by atoms with Gasteiger partial charge < -0.3 is 13.8 Å². The summed E-state index contributed by atoms with van der Waals surface area (Å²) < 4.78 is 10.6. The van der Waals surface area contributed by atoms with E-state index in [1.807, 2.05) is 16.7 Å². The van der Waals surface area contributed by atoms with E-state index in [0.717, 1.165) is 18.7 Å². The Morgan fingerprint density at radius 2 is 2.08 bits per heavy atom. The second-order valence-electron chi connectivity index (χ2n) is 6.35. The van der Waals surface area contributed by atoms with Gasteiger partial charge in [0.25, 0.3) is 5.91 Å². The summed E-state index contributed by atoms with van der Waals surface area (Å²) in [5, 5.41) is 4.36. The molecule has 2 aromatic heterocycles. The van der Waals surface area contributed by atoms with Crippen LogP contribution in [0.2, 0.25) is 0 Å². The molecule has 134 valence electrons. The van der Waals surface area contributed by atoms with Crippen LogP contribution in [0.1, 0.15) is 33.3 Å². The van der Waals surface area contributed by atoms with Gasteiger partial charge in [0.1, 0.15) is 0 Å². The quantitative estimate of drug-likeness (QED) is 0.678. The third kappa shape index (κ3) is 3.42. The molecule has 0 saturated carbocycles. The average Bonchev–Trinajstić information content (AvgIpc) is 3.29. The number of aryl methyl sites for hydroxylation is 1. The summed E-state index contributed by atoms with van der Waals surface area (Å²) in [4.78, 5) is 14.7. The van der Waals surface area contributed by atoms with Gasteiger partial charge in [0, 0.05) is 30.2 Å². The van der Waals surface area contributed by atoms with E-state index in [1.54, 1.807) is 24.5 Å². The van der Waals surface area contributed by atoms with E-state index in [9.17, 15) is 4.79 Å². The fourth-order valence-electron chi connectivity index (χ4n) is 3.24. The van der Waals surface area contributed by atoms with Gasteiger partial charge in [-0.15, -0.1) is 0 Å². The lowest BCUT2D eigenvalue weighted by Gasteiger charge is -2.19. The summed E-state index contributed by atoms with van der Waals surface area (Å²) in [6.45, 7) is 3.58. The van der Waals surface area contributed by atoms with Gasteiger partial charge in [-0.3, -0.25) is 4.79 Å². The minimum atomic E-state index is -0.0856. The molecule has 0 spiro atoms. The number of carbonyl (C=O) groups excluding carboxylic acids is 1. The molecule has 1 fully saturated rings. The van der Waals surface area contributed by atoms with Gasteiger partial charge in [0.15, 0.2) is 11.5 Å².